The zero-order valence-electron chi connectivity index (χ0n) is 14.2. The molecule has 0 fully saturated rings. The van der Waals surface area contributed by atoms with Crippen LogP contribution >= 0.6 is 0 Å². The van der Waals surface area contributed by atoms with E-state index in [2.05, 4.69) is 17.5 Å². The normalized spacial score (nSPS) is 22.9. The van der Waals surface area contributed by atoms with Gasteiger partial charge in [0.1, 0.15) is 0 Å². The molecule has 0 bridgehead atoms. The van der Waals surface area contributed by atoms with Crippen LogP contribution in [0.1, 0.15) is 39.9 Å². The molecule has 0 saturated heterocycles. The largest absolute Gasteiger partial charge is 0.465 e. The first-order valence-corrected chi connectivity index (χ1v) is 8.49. The zero-order valence-corrected chi connectivity index (χ0v) is 14.2. The Morgan fingerprint density at radius 2 is 2.00 bits per heavy atom. The maximum Gasteiger partial charge on any atom is 0.339 e. The number of hydrogen-bond donors (Lipinski definition) is 1. The van der Waals surface area contributed by atoms with E-state index in [4.69, 9.17) is 4.74 Å². The number of nitro benzene ring substituents is 1. The number of rotatable bonds is 3. The van der Waals surface area contributed by atoms with Gasteiger partial charge in [-0.3, -0.25) is 10.1 Å². The molecule has 1 aliphatic heterocycles. The standard InChI is InChI=1S/C20H18N2O4/c1-26-20(23)17-7-3-6-16-14-4-2-5-15(14)18(21-19(16)17)12-8-10-13(11-9-12)22(24)25/h2-4,6-11,14-15,18,21H,5H2,1H3/t14-,15+,18+/m1/s1. The molecule has 26 heavy (non-hydrogen) atoms. The molecule has 0 aromatic heterocycles. The van der Waals surface area contributed by atoms with Crippen LogP contribution in [0.5, 0.6) is 0 Å². The van der Waals surface area contributed by atoms with E-state index >= 15 is 0 Å². The van der Waals surface area contributed by atoms with Crippen LogP contribution in [0.2, 0.25) is 0 Å². The van der Waals surface area contributed by atoms with Gasteiger partial charge >= 0.3 is 5.97 Å². The van der Waals surface area contributed by atoms with Crippen LogP contribution in [0, 0.1) is 16.0 Å². The van der Waals surface area contributed by atoms with Crippen molar-refractivity contribution in [2.75, 3.05) is 12.4 Å². The molecule has 6 nitrogen and oxygen atoms in total. The molecule has 6 heteroatoms. The number of ether oxygens (including phenoxy) is 1. The fraction of sp³-hybridized carbons (Fsp3) is 0.250. The minimum absolute atomic E-state index is 0.0332. The second-order valence-corrected chi connectivity index (χ2v) is 6.59. The quantitative estimate of drug-likeness (QED) is 0.388. The molecule has 2 aromatic rings. The fourth-order valence-electron chi connectivity index (χ4n) is 4.03. The number of non-ortho nitro benzene ring substituents is 1. The van der Waals surface area contributed by atoms with Gasteiger partial charge in [0.25, 0.3) is 5.69 Å². The van der Waals surface area contributed by atoms with Gasteiger partial charge < -0.3 is 10.1 Å². The van der Waals surface area contributed by atoms with Gasteiger partial charge in [0.05, 0.1) is 29.3 Å². The lowest BCUT2D eigenvalue weighted by Crippen LogP contribution is -2.30. The number of hydrogen-bond acceptors (Lipinski definition) is 5. The highest BCUT2D eigenvalue weighted by atomic mass is 16.6. The first-order chi connectivity index (χ1) is 12.6. The van der Waals surface area contributed by atoms with Gasteiger partial charge in [0.15, 0.2) is 0 Å². The Labute approximate surface area is 150 Å². The molecule has 0 amide bonds. The van der Waals surface area contributed by atoms with Crippen molar-refractivity contribution in [2.45, 2.75) is 18.4 Å². The van der Waals surface area contributed by atoms with Gasteiger partial charge in [-0.25, -0.2) is 4.79 Å². The lowest BCUT2D eigenvalue weighted by molar-refractivity contribution is -0.384. The molecule has 1 aliphatic carbocycles. The van der Waals surface area contributed by atoms with Crippen molar-refractivity contribution in [3.63, 3.8) is 0 Å². The second-order valence-electron chi connectivity index (χ2n) is 6.59. The first-order valence-electron chi connectivity index (χ1n) is 8.49. The van der Waals surface area contributed by atoms with Crippen molar-refractivity contribution in [3.05, 3.63) is 81.4 Å². The minimum atomic E-state index is -0.400. The number of esters is 1. The number of benzene rings is 2. The number of anilines is 1. The molecule has 1 heterocycles. The number of carbonyl (C=O) groups excluding carboxylic acids is 1. The van der Waals surface area contributed by atoms with Crippen molar-refractivity contribution >= 4 is 17.3 Å². The second kappa shape index (κ2) is 6.29. The van der Waals surface area contributed by atoms with Crippen LogP contribution in [-0.4, -0.2) is 18.0 Å². The maximum absolute atomic E-state index is 12.2. The number of para-hydroxylation sites is 1. The summed E-state index contributed by atoms with van der Waals surface area (Å²) in [6.07, 6.45) is 5.26. The molecule has 1 N–H and O–H groups in total. The number of carbonyl (C=O) groups is 1. The van der Waals surface area contributed by atoms with Crippen molar-refractivity contribution in [1.82, 2.24) is 0 Å². The fourth-order valence-corrected chi connectivity index (χ4v) is 4.03. The third-order valence-corrected chi connectivity index (χ3v) is 5.27. The zero-order chi connectivity index (χ0) is 18.3. The van der Waals surface area contributed by atoms with Crippen LogP contribution in [0.15, 0.2) is 54.6 Å². The predicted octanol–water partition coefficient (Wildman–Crippen LogP) is 4.21. The minimum Gasteiger partial charge on any atom is -0.465 e. The Morgan fingerprint density at radius 3 is 2.69 bits per heavy atom. The van der Waals surface area contributed by atoms with E-state index in [0.717, 1.165) is 23.2 Å². The van der Waals surface area contributed by atoms with Gasteiger partial charge in [-0.1, -0.05) is 36.4 Å². The Bertz CT molecular complexity index is 905. The Kier molecular flexibility index (Phi) is 3.95. The monoisotopic (exact) mass is 350 g/mol. The average molecular weight is 350 g/mol. The SMILES string of the molecule is COC(=O)c1cccc2c1N[C@@H](c1ccc([N+](=O)[O-])cc1)[C@H]1CC=C[C@@H]21. The highest BCUT2D eigenvalue weighted by Crippen LogP contribution is 2.50. The summed E-state index contributed by atoms with van der Waals surface area (Å²) >= 11 is 0. The lowest BCUT2D eigenvalue weighted by Gasteiger charge is -2.38. The topological polar surface area (TPSA) is 81.5 Å². The number of nitrogens with zero attached hydrogens (tertiary/aromatic N) is 1. The first kappa shape index (κ1) is 16.3. The van der Waals surface area contributed by atoms with Gasteiger partial charge in [-0.2, -0.15) is 0 Å². The Hall–Kier alpha value is -3.15. The summed E-state index contributed by atoms with van der Waals surface area (Å²) in [5, 5.41) is 14.4. The molecule has 2 aromatic carbocycles. The summed E-state index contributed by atoms with van der Waals surface area (Å²) in [5.41, 5.74) is 3.43. The van der Waals surface area contributed by atoms with Crippen LogP contribution in [0.3, 0.4) is 0 Å². The molecule has 0 unspecified atom stereocenters. The molecular weight excluding hydrogens is 332 g/mol. The Morgan fingerprint density at radius 1 is 1.23 bits per heavy atom. The van der Waals surface area contributed by atoms with Gasteiger partial charge in [-0.05, 0) is 29.5 Å². The van der Waals surface area contributed by atoms with E-state index in [9.17, 15) is 14.9 Å². The predicted molar refractivity (Wildman–Crippen MR) is 97.2 cm³/mol. The van der Waals surface area contributed by atoms with Gasteiger partial charge in [0, 0.05) is 18.1 Å². The summed E-state index contributed by atoms with van der Waals surface area (Å²) in [7, 11) is 1.37. The highest BCUT2D eigenvalue weighted by Gasteiger charge is 2.39. The van der Waals surface area contributed by atoms with Crippen LogP contribution in [-0.2, 0) is 4.74 Å². The maximum atomic E-state index is 12.2. The number of nitro groups is 1. The van der Waals surface area contributed by atoms with Gasteiger partial charge in [-0.15, -0.1) is 0 Å². The van der Waals surface area contributed by atoms with E-state index in [0.29, 0.717) is 11.5 Å². The summed E-state index contributed by atoms with van der Waals surface area (Å²) in [6.45, 7) is 0. The van der Waals surface area contributed by atoms with Crippen molar-refractivity contribution < 1.29 is 14.5 Å². The summed E-state index contributed by atoms with van der Waals surface area (Å²) in [4.78, 5) is 22.7. The smallest absolute Gasteiger partial charge is 0.339 e. The molecule has 0 radical (unpaired) electrons. The van der Waals surface area contributed by atoms with Gasteiger partial charge in [0.2, 0.25) is 0 Å². The van der Waals surface area contributed by atoms with Crippen molar-refractivity contribution in [2.24, 2.45) is 5.92 Å². The van der Waals surface area contributed by atoms with E-state index in [-0.39, 0.29) is 23.6 Å². The summed E-state index contributed by atoms with van der Waals surface area (Å²) in [5.74, 6) is 0.130. The third-order valence-electron chi connectivity index (χ3n) is 5.27. The number of fused-ring (bicyclic) bond motifs is 3. The summed E-state index contributed by atoms with van der Waals surface area (Å²) in [6, 6.07) is 12.3. The molecular formula is C20H18N2O4. The molecule has 3 atom stereocenters. The van der Waals surface area contributed by atoms with E-state index in [1.165, 1.54) is 19.2 Å². The van der Waals surface area contributed by atoms with Crippen molar-refractivity contribution in [3.8, 4) is 0 Å². The van der Waals surface area contributed by atoms with E-state index in [1.807, 2.05) is 12.1 Å². The number of methoxy groups -OCH3 is 1. The van der Waals surface area contributed by atoms with Crippen LogP contribution < -0.4 is 5.32 Å². The third kappa shape index (κ3) is 2.54. The van der Waals surface area contributed by atoms with E-state index in [1.54, 1.807) is 18.2 Å². The van der Waals surface area contributed by atoms with Crippen LogP contribution in [0.25, 0.3) is 0 Å². The molecule has 0 saturated carbocycles. The number of allylic oxidation sites excluding steroid dienone is 2. The Balaban J connectivity index is 1.78. The highest BCUT2D eigenvalue weighted by molar-refractivity contribution is 5.97. The molecule has 2 aliphatic rings. The summed E-state index contributed by atoms with van der Waals surface area (Å²) < 4.78 is 4.92. The average Bonchev–Trinajstić information content (AvgIpc) is 3.16. The van der Waals surface area contributed by atoms with Crippen molar-refractivity contribution in [1.29, 1.82) is 0 Å². The van der Waals surface area contributed by atoms with Crippen LogP contribution in [0.4, 0.5) is 11.4 Å². The molecule has 4 rings (SSSR count). The van der Waals surface area contributed by atoms with E-state index < -0.39 is 4.92 Å². The molecule has 0 spiro atoms. The lowest BCUT2D eigenvalue weighted by atomic mass is 9.76. The molecule has 132 valence electrons. The number of nitrogens with one attached hydrogen (secondary N) is 1.